The average molecular weight is 168 g/mol. The Morgan fingerprint density at radius 3 is 2.67 bits per heavy atom. The van der Waals surface area contributed by atoms with Crippen molar-refractivity contribution in [1.82, 2.24) is 10.2 Å². The van der Waals surface area contributed by atoms with E-state index in [1.165, 1.54) is 0 Å². The predicted octanol–water partition coefficient (Wildman–Crippen LogP) is 1.24. The van der Waals surface area contributed by atoms with Crippen LogP contribution in [-0.4, -0.2) is 36.6 Å². The predicted molar refractivity (Wildman–Crippen MR) is 53.3 cm³/mol. The molecular weight excluding hydrogens is 148 g/mol. The van der Waals surface area contributed by atoms with Gasteiger partial charge in [0.15, 0.2) is 0 Å². The van der Waals surface area contributed by atoms with Crippen LogP contribution in [0.25, 0.3) is 0 Å². The van der Waals surface area contributed by atoms with Crippen molar-refractivity contribution >= 4 is 0 Å². The second kappa shape index (κ2) is 3.58. The third-order valence-electron chi connectivity index (χ3n) is 2.34. The van der Waals surface area contributed by atoms with Gasteiger partial charge >= 0.3 is 0 Å². The summed E-state index contributed by atoms with van der Waals surface area (Å²) in [6.45, 7) is 8.94. The lowest BCUT2D eigenvalue weighted by molar-refractivity contribution is 0.132. The van der Waals surface area contributed by atoms with Crippen LogP contribution in [0.2, 0.25) is 0 Å². The fraction of sp³-hybridized carbons (Fsp3) is 0.800. The maximum absolute atomic E-state index is 3.22. The summed E-state index contributed by atoms with van der Waals surface area (Å²) in [7, 11) is 2.01. The van der Waals surface area contributed by atoms with E-state index in [-0.39, 0.29) is 5.54 Å². The van der Waals surface area contributed by atoms with Gasteiger partial charge in [0.05, 0.1) is 0 Å². The molecule has 0 saturated heterocycles. The van der Waals surface area contributed by atoms with Gasteiger partial charge in [-0.3, -0.25) is 4.90 Å². The molecule has 1 aliphatic heterocycles. The molecule has 1 heterocycles. The molecule has 2 nitrogen and oxygen atoms in total. The van der Waals surface area contributed by atoms with Crippen LogP contribution in [0.1, 0.15) is 20.8 Å². The Labute approximate surface area is 75.6 Å². The highest BCUT2D eigenvalue weighted by Crippen LogP contribution is 2.21. The quantitative estimate of drug-likeness (QED) is 0.624. The molecule has 1 N–H and O–H groups in total. The first-order valence-corrected chi connectivity index (χ1v) is 4.63. The lowest BCUT2D eigenvalue weighted by Crippen LogP contribution is -2.48. The van der Waals surface area contributed by atoms with E-state index in [0.717, 1.165) is 13.1 Å². The number of nitrogens with zero attached hydrogens (tertiary/aromatic N) is 1. The van der Waals surface area contributed by atoms with E-state index in [4.69, 9.17) is 0 Å². The molecule has 0 amide bonds. The van der Waals surface area contributed by atoms with Gasteiger partial charge in [0.2, 0.25) is 0 Å². The molecule has 1 atom stereocenters. The zero-order valence-corrected chi connectivity index (χ0v) is 8.59. The average Bonchev–Trinajstić information content (AvgIpc) is 2.34. The summed E-state index contributed by atoms with van der Waals surface area (Å²) >= 11 is 0. The molecule has 0 saturated carbocycles. The van der Waals surface area contributed by atoms with Crippen LogP contribution >= 0.6 is 0 Å². The van der Waals surface area contributed by atoms with E-state index >= 15 is 0 Å². The molecule has 0 aromatic carbocycles. The minimum atomic E-state index is 0.283. The molecule has 0 fully saturated rings. The molecular formula is C10H20N2. The Morgan fingerprint density at radius 2 is 2.17 bits per heavy atom. The first kappa shape index (κ1) is 9.75. The summed E-state index contributed by atoms with van der Waals surface area (Å²) in [5.74, 6) is 0. The van der Waals surface area contributed by atoms with Gasteiger partial charge in [0.1, 0.15) is 0 Å². The van der Waals surface area contributed by atoms with Crippen molar-refractivity contribution in [3.05, 3.63) is 12.2 Å². The van der Waals surface area contributed by atoms with Crippen LogP contribution in [0.3, 0.4) is 0 Å². The summed E-state index contributed by atoms with van der Waals surface area (Å²) in [5, 5.41) is 3.22. The molecule has 2 heteroatoms. The normalized spacial score (nSPS) is 25.2. The van der Waals surface area contributed by atoms with Crippen LogP contribution in [0.15, 0.2) is 12.2 Å². The molecule has 70 valence electrons. The highest BCUT2D eigenvalue weighted by molar-refractivity contribution is 5.07. The van der Waals surface area contributed by atoms with Crippen molar-refractivity contribution in [2.45, 2.75) is 32.4 Å². The molecule has 0 aromatic heterocycles. The van der Waals surface area contributed by atoms with Gasteiger partial charge in [-0.05, 0) is 27.8 Å². The summed E-state index contributed by atoms with van der Waals surface area (Å²) in [5.41, 5.74) is 0.283. The maximum atomic E-state index is 3.22. The van der Waals surface area contributed by atoms with Gasteiger partial charge < -0.3 is 5.32 Å². The Kier molecular flexibility index (Phi) is 2.91. The molecule has 1 aliphatic rings. The second-order valence-corrected chi connectivity index (χ2v) is 4.38. The zero-order chi connectivity index (χ0) is 9.19. The van der Waals surface area contributed by atoms with E-state index in [1.54, 1.807) is 0 Å². The number of hydrogen-bond acceptors (Lipinski definition) is 2. The van der Waals surface area contributed by atoms with E-state index in [9.17, 15) is 0 Å². The van der Waals surface area contributed by atoms with Gasteiger partial charge in [0.25, 0.3) is 0 Å². The topological polar surface area (TPSA) is 15.3 Å². The number of likely N-dealkylation sites (N-methyl/N-ethyl adjacent to an activating group) is 1. The Hall–Kier alpha value is -0.340. The lowest BCUT2D eigenvalue weighted by atomic mass is 10.0. The van der Waals surface area contributed by atoms with E-state index in [0.29, 0.717) is 6.04 Å². The molecule has 0 radical (unpaired) electrons. The SMILES string of the molecule is CNCC1C=CCN1C(C)(C)C. The Balaban J connectivity index is 2.56. The van der Waals surface area contributed by atoms with Crippen LogP contribution in [-0.2, 0) is 0 Å². The number of hydrogen-bond donors (Lipinski definition) is 1. The first-order chi connectivity index (χ1) is 5.55. The first-order valence-electron chi connectivity index (χ1n) is 4.63. The minimum absolute atomic E-state index is 0.283. The fourth-order valence-electron chi connectivity index (χ4n) is 1.73. The van der Waals surface area contributed by atoms with Crippen molar-refractivity contribution in [3.8, 4) is 0 Å². The Bertz CT molecular complexity index is 167. The standard InChI is InChI=1S/C10H20N2/c1-10(2,3)12-7-5-6-9(12)8-11-4/h5-6,9,11H,7-8H2,1-4H3. The van der Waals surface area contributed by atoms with Gasteiger partial charge in [-0.1, -0.05) is 12.2 Å². The van der Waals surface area contributed by atoms with Crippen LogP contribution in [0.4, 0.5) is 0 Å². The third-order valence-corrected chi connectivity index (χ3v) is 2.34. The summed E-state index contributed by atoms with van der Waals surface area (Å²) in [6, 6.07) is 0.579. The van der Waals surface area contributed by atoms with Gasteiger partial charge in [-0.15, -0.1) is 0 Å². The molecule has 0 bridgehead atoms. The smallest absolute Gasteiger partial charge is 0.0412 e. The second-order valence-electron chi connectivity index (χ2n) is 4.38. The molecule has 0 aliphatic carbocycles. The molecule has 0 spiro atoms. The largest absolute Gasteiger partial charge is 0.318 e. The van der Waals surface area contributed by atoms with Gasteiger partial charge in [-0.2, -0.15) is 0 Å². The Morgan fingerprint density at radius 1 is 1.50 bits per heavy atom. The van der Waals surface area contributed by atoms with E-state index < -0.39 is 0 Å². The van der Waals surface area contributed by atoms with Crippen LogP contribution < -0.4 is 5.32 Å². The van der Waals surface area contributed by atoms with Crippen molar-refractivity contribution < 1.29 is 0 Å². The summed E-state index contributed by atoms with van der Waals surface area (Å²) in [6.07, 6.45) is 4.55. The van der Waals surface area contributed by atoms with Crippen molar-refractivity contribution in [2.24, 2.45) is 0 Å². The number of rotatable bonds is 2. The monoisotopic (exact) mass is 168 g/mol. The maximum Gasteiger partial charge on any atom is 0.0412 e. The summed E-state index contributed by atoms with van der Waals surface area (Å²) < 4.78 is 0. The molecule has 12 heavy (non-hydrogen) atoms. The van der Waals surface area contributed by atoms with E-state index in [1.807, 2.05) is 7.05 Å². The lowest BCUT2D eigenvalue weighted by Gasteiger charge is -2.36. The van der Waals surface area contributed by atoms with Gasteiger partial charge in [-0.25, -0.2) is 0 Å². The summed E-state index contributed by atoms with van der Waals surface area (Å²) in [4.78, 5) is 2.50. The van der Waals surface area contributed by atoms with Gasteiger partial charge in [0, 0.05) is 24.7 Å². The fourth-order valence-corrected chi connectivity index (χ4v) is 1.73. The van der Waals surface area contributed by atoms with Crippen LogP contribution in [0.5, 0.6) is 0 Å². The molecule has 1 unspecified atom stereocenters. The van der Waals surface area contributed by atoms with E-state index in [2.05, 4.69) is 43.1 Å². The molecule has 0 aromatic rings. The van der Waals surface area contributed by atoms with Crippen molar-refractivity contribution in [2.75, 3.05) is 20.1 Å². The van der Waals surface area contributed by atoms with Crippen molar-refractivity contribution in [3.63, 3.8) is 0 Å². The highest BCUT2D eigenvalue weighted by Gasteiger charge is 2.28. The van der Waals surface area contributed by atoms with Crippen molar-refractivity contribution in [1.29, 1.82) is 0 Å². The highest BCUT2D eigenvalue weighted by atomic mass is 15.2. The minimum Gasteiger partial charge on any atom is -0.318 e. The van der Waals surface area contributed by atoms with Crippen LogP contribution in [0, 0.1) is 0 Å². The number of nitrogens with one attached hydrogen (secondary N) is 1. The third kappa shape index (κ3) is 2.08. The molecule has 1 rings (SSSR count). The zero-order valence-electron chi connectivity index (χ0n) is 8.59.